The molecule has 41 heavy (non-hydrogen) atoms. The number of carbonyl (C=O) groups excluding carboxylic acids is 1. The van der Waals surface area contributed by atoms with E-state index in [2.05, 4.69) is 56.5 Å². The van der Waals surface area contributed by atoms with Crippen LogP contribution in [0, 0.1) is 0 Å². The lowest BCUT2D eigenvalue weighted by Gasteiger charge is -2.27. The van der Waals surface area contributed by atoms with Gasteiger partial charge in [-0.05, 0) is 74.0 Å². The van der Waals surface area contributed by atoms with E-state index >= 15 is 0 Å². The molecule has 0 aliphatic carbocycles. The minimum Gasteiger partial charge on any atom is -0.349 e. The van der Waals surface area contributed by atoms with Gasteiger partial charge in [0.2, 0.25) is 0 Å². The summed E-state index contributed by atoms with van der Waals surface area (Å²) >= 11 is 7.51. The molecular formula is C33H37ClN4O2S. The van der Waals surface area contributed by atoms with E-state index in [9.17, 15) is 9.59 Å². The fourth-order valence-corrected chi connectivity index (χ4v) is 6.60. The molecule has 6 nitrogen and oxygen atoms in total. The summed E-state index contributed by atoms with van der Waals surface area (Å²) in [6.45, 7) is 10.1. The van der Waals surface area contributed by atoms with Crippen LogP contribution in [-0.2, 0) is 12.8 Å². The number of aromatic nitrogens is 2. The summed E-state index contributed by atoms with van der Waals surface area (Å²) in [4.78, 5) is 33.4. The smallest absolute Gasteiger partial charge is 0.265 e. The molecule has 1 aliphatic rings. The van der Waals surface area contributed by atoms with Crippen molar-refractivity contribution in [2.24, 2.45) is 0 Å². The van der Waals surface area contributed by atoms with Gasteiger partial charge in [0, 0.05) is 27.7 Å². The average Bonchev–Trinajstić information content (AvgIpc) is 3.47. The lowest BCUT2D eigenvalue weighted by Crippen LogP contribution is -2.43. The number of benzene rings is 2. The Morgan fingerprint density at radius 2 is 1.76 bits per heavy atom. The van der Waals surface area contributed by atoms with E-state index in [4.69, 9.17) is 16.6 Å². The zero-order valence-corrected chi connectivity index (χ0v) is 25.7. The van der Waals surface area contributed by atoms with Crippen molar-refractivity contribution in [1.82, 2.24) is 20.2 Å². The fraction of sp³-hybridized carbons (Fsp3) is 0.364. The first-order chi connectivity index (χ1) is 19.8. The number of pyridine rings is 1. The third-order valence-electron chi connectivity index (χ3n) is 7.77. The quantitative estimate of drug-likeness (QED) is 0.232. The number of piperidine rings is 1. The van der Waals surface area contributed by atoms with E-state index in [1.807, 2.05) is 34.2 Å². The van der Waals surface area contributed by atoms with E-state index in [0.717, 1.165) is 72.5 Å². The van der Waals surface area contributed by atoms with Gasteiger partial charge in [-0.15, -0.1) is 11.3 Å². The van der Waals surface area contributed by atoms with Gasteiger partial charge in [0.15, 0.2) is 0 Å². The van der Waals surface area contributed by atoms with Gasteiger partial charge in [0.05, 0.1) is 22.5 Å². The highest BCUT2D eigenvalue weighted by Crippen LogP contribution is 2.33. The largest absolute Gasteiger partial charge is 0.349 e. The van der Waals surface area contributed by atoms with Crippen LogP contribution in [0.2, 0.25) is 5.02 Å². The summed E-state index contributed by atoms with van der Waals surface area (Å²) in [6.07, 6.45) is 3.30. The van der Waals surface area contributed by atoms with Crippen LogP contribution < -0.4 is 16.2 Å². The number of carbonyl (C=O) groups is 1. The number of rotatable bonds is 8. The zero-order valence-electron chi connectivity index (χ0n) is 24.1. The highest BCUT2D eigenvalue weighted by atomic mass is 35.5. The van der Waals surface area contributed by atoms with Gasteiger partial charge in [0.1, 0.15) is 5.01 Å². The SMILES string of the molecule is CCc1cccc(CC)c1-n1c(C(C)C)c(C(=O)NC2CCNCC2)cc(-c2nc(-c3ccc(Cl)cc3)cs2)c1=O. The van der Waals surface area contributed by atoms with Crippen LogP contribution in [-0.4, -0.2) is 34.6 Å². The number of amides is 1. The summed E-state index contributed by atoms with van der Waals surface area (Å²) in [7, 11) is 0. The first-order valence-electron chi connectivity index (χ1n) is 14.5. The summed E-state index contributed by atoms with van der Waals surface area (Å²) in [6, 6.07) is 15.6. The summed E-state index contributed by atoms with van der Waals surface area (Å²) in [5, 5.41) is 9.83. The maximum absolute atomic E-state index is 14.6. The van der Waals surface area contributed by atoms with Gasteiger partial charge in [0.25, 0.3) is 11.5 Å². The van der Waals surface area contributed by atoms with Crippen molar-refractivity contribution >= 4 is 28.8 Å². The minimum absolute atomic E-state index is 0.0685. The van der Waals surface area contributed by atoms with E-state index in [1.54, 1.807) is 6.07 Å². The van der Waals surface area contributed by atoms with Crippen molar-refractivity contribution in [3.63, 3.8) is 0 Å². The molecule has 1 aliphatic heterocycles. The normalized spacial score (nSPS) is 14.0. The summed E-state index contributed by atoms with van der Waals surface area (Å²) in [5.41, 5.74) is 6.28. The van der Waals surface area contributed by atoms with Crippen LogP contribution in [0.5, 0.6) is 0 Å². The van der Waals surface area contributed by atoms with Crippen LogP contribution in [0.3, 0.4) is 0 Å². The fourth-order valence-electron chi connectivity index (χ4n) is 5.64. The Kier molecular flexibility index (Phi) is 9.07. The first-order valence-corrected chi connectivity index (χ1v) is 15.7. The van der Waals surface area contributed by atoms with Crippen molar-refractivity contribution in [2.75, 3.05) is 13.1 Å². The van der Waals surface area contributed by atoms with Crippen LogP contribution in [0.15, 0.2) is 58.7 Å². The Morgan fingerprint density at radius 3 is 2.37 bits per heavy atom. The Morgan fingerprint density at radius 1 is 1.10 bits per heavy atom. The molecule has 0 saturated carbocycles. The predicted molar refractivity (Wildman–Crippen MR) is 170 cm³/mol. The molecule has 2 aromatic heterocycles. The molecule has 0 atom stereocenters. The van der Waals surface area contributed by atoms with Crippen molar-refractivity contribution < 1.29 is 4.79 Å². The Bertz CT molecular complexity index is 1580. The number of thiazole rings is 1. The van der Waals surface area contributed by atoms with Crippen molar-refractivity contribution in [3.05, 3.63) is 91.7 Å². The molecule has 1 amide bonds. The first kappa shape index (κ1) is 29.2. The second kappa shape index (κ2) is 12.7. The van der Waals surface area contributed by atoms with Gasteiger partial charge in [-0.25, -0.2) is 4.98 Å². The Labute approximate surface area is 250 Å². The van der Waals surface area contributed by atoms with Gasteiger partial charge >= 0.3 is 0 Å². The molecule has 0 spiro atoms. The number of para-hydroxylation sites is 1. The second-order valence-electron chi connectivity index (χ2n) is 10.8. The molecule has 1 fully saturated rings. The summed E-state index contributed by atoms with van der Waals surface area (Å²) in [5.74, 6) is -0.210. The number of hydrogen-bond donors (Lipinski definition) is 2. The molecule has 0 bridgehead atoms. The molecule has 0 radical (unpaired) electrons. The van der Waals surface area contributed by atoms with Crippen molar-refractivity contribution in [2.45, 2.75) is 65.3 Å². The molecule has 0 unspecified atom stereocenters. The van der Waals surface area contributed by atoms with E-state index < -0.39 is 0 Å². The van der Waals surface area contributed by atoms with Crippen LogP contribution in [0.4, 0.5) is 0 Å². The predicted octanol–water partition coefficient (Wildman–Crippen LogP) is 7.01. The minimum atomic E-state index is -0.153. The Hall–Kier alpha value is -3.26. The molecule has 8 heteroatoms. The van der Waals surface area contributed by atoms with Crippen LogP contribution in [0.25, 0.3) is 27.5 Å². The lowest BCUT2D eigenvalue weighted by atomic mass is 9.96. The molecule has 5 rings (SSSR count). The van der Waals surface area contributed by atoms with E-state index in [1.165, 1.54) is 11.3 Å². The second-order valence-corrected chi connectivity index (χ2v) is 12.1. The zero-order chi connectivity index (χ0) is 29.1. The third-order valence-corrected chi connectivity index (χ3v) is 8.90. The van der Waals surface area contributed by atoms with Crippen molar-refractivity contribution in [1.29, 1.82) is 0 Å². The topological polar surface area (TPSA) is 76.0 Å². The maximum atomic E-state index is 14.6. The van der Waals surface area contributed by atoms with E-state index in [0.29, 0.717) is 21.2 Å². The van der Waals surface area contributed by atoms with Crippen molar-refractivity contribution in [3.8, 4) is 27.5 Å². The molecule has 4 aromatic rings. The summed E-state index contributed by atoms with van der Waals surface area (Å²) < 4.78 is 1.82. The maximum Gasteiger partial charge on any atom is 0.265 e. The van der Waals surface area contributed by atoms with Crippen LogP contribution in [0.1, 0.15) is 73.6 Å². The Balaban J connectivity index is 1.75. The standard InChI is InChI=1S/C33H37ClN4O2S/c1-5-21-8-7-9-22(6-2)30(21)38-29(20(3)4)26(31(39)36-25-14-16-35-17-15-25)18-27(33(38)40)32-37-28(19-41-32)23-10-12-24(34)13-11-23/h7-13,18-20,25,35H,5-6,14-17H2,1-4H3,(H,36,39). The molecule has 2 N–H and O–H groups in total. The molecule has 214 valence electrons. The number of hydrogen-bond acceptors (Lipinski definition) is 5. The van der Waals surface area contributed by atoms with Gasteiger partial charge in [-0.3, -0.25) is 14.2 Å². The number of aryl methyl sites for hydroxylation is 2. The molecule has 1 saturated heterocycles. The molecule has 3 heterocycles. The number of halogens is 1. The molecular weight excluding hydrogens is 552 g/mol. The van der Waals surface area contributed by atoms with Crippen LogP contribution >= 0.6 is 22.9 Å². The average molecular weight is 589 g/mol. The van der Waals surface area contributed by atoms with Gasteiger partial charge in [-0.1, -0.05) is 69.6 Å². The number of nitrogens with zero attached hydrogens (tertiary/aromatic N) is 2. The third kappa shape index (κ3) is 6.03. The molecule has 2 aromatic carbocycles. The highest BCUT2D eigenvalue weighted by molar-refractivity contribution is 7.13. The van der Waals surface area contributed by atoms with Gasteiger partial charge in [-0.2, -0.15) is 0 Å². The highest BCUT2D eigenvalue weighted by Gasteiger charge is 2.28. The lowest BCUT2D eigenvalue weighted by molar-refractivity contribution is 0.0927. The monoisotopic (exact) mass is 588 g/mol. The van der Waals surface area contributed by atoms with E-state index in [-0.39, 0.29) is 23.4 Å². The number of nitrogens with one attached hydrogen (secondary N) is 2. The van der Waals surface area contributed by atoms with Gasteiger partial charge < -0.3 is 10.6 Å².